The molecular weight excluding hydrogens is 252 g/mol. The predicted octanol–water partition coefficient (Wildman–Crippen LogP) is 3.37. The van der Waals surface area contributed by atoms with Gasteiger partial charge in [-0.05, 0) is 45.0 Å². The van der Waals surface area contributed by atoms with Gasteiger partial charge in [0.2, 0.25) is 0 Å². The van der Waals surface area contributed by atoms with Crippen LogP contribution in [0.1, 0.15) is 36.1 Å². The smallest absolute Gasteiger partial charge is 0.138 e. The van der Waals surface area contributed by atoms with Crippen LogP contribution in [0.4, 0.5) is 0 Å². The number of hydrogen-bond donors (Lipinski definition) is 1. The lowest BCUT2D eigenvalue weighted by molar-refractivity contribution is 0.301. The lowest BCUT2D eigenvalue weighted by Gasteiger charge is -2.04. The fourth-order valence-corrected chi connectivity index (χ4v) is 1.91. The molecule has 0 aliphatic carbocycles. The highest BCUT2D eigenvalue weighted by atomic mass is 16.5. The van der Waals surface area contributed by atoms with Crippen LogP contribution in [-0.4, -0.2) is 11.5 Å². The first-order valence-corrected chi connectivity index (χ1v) is 7.03. The monoisotopic (exact) mass is 274 g/mol. The van der Waals surface area contributed by atoms with E-state index in [1.54, 1.807) is 6.20 Å². The maximum atomic E-state index is 5.72. The van der Waals surface area contributed by atoms with Crippen LogP contribution in [0.3, 0.4) is 0 Å². The minimum atomic E-state index is 0.508. The molecule has 0 aliphatic rings. The van der Waals surface area contributed by atoms with Gasteiger partial charge in [-0.2, -0.15) is 0 Å². The van der Waals surface area contributed by atoms with Gasteiger partial charge in [-0.15, -0.1) is 0 Å². The van der Waals surface area contributed by atoms with Crippen molar-refractivity contribution in [2.45, 2.75) is 40.3 Å². The highest BCUT2D eigenvalue weighted by Gasteiger charge is 2.08. The first-order chi connectivity index (χ1) is 9.69. The molecule has 20 heavy (non-hydrogen) atoms. The first-order valence-electron chi connectivity index (χ1n) is 7.03. The van der Waals surface area contributed by atoms with E-state index < -0.39 is 0 Å². The molecule has 108 valence electrons. The third-order valence-electron chi connectivity index (χ3n) is 3.08. The summed E-state index contributed by atoms with van der Waals surface area (Å²) in [5, 5.41) is 3.33. The van der Waals surface area contributed by atoms with Crippen LogP contribution >= 0.6 is 0 Å². The Hall–Kier alpha value is -1.81. The van der Waals surface area contributed by atoms with Crippen LogP contribution in [0.15, 0.2) is 28.8 Å². The number of pyridine rings is 1. The van der Waals surface area contributed by atoms with Gasteiger partial charge in [0, 0.05) is 11.3 Å². The van der Waals surface area contributed by atoms with Crippen molar-refractivity contribution in [3.05, 3.63) is 47.2 Å². The zero-order valence-corrected chi connectivity index (χ0v) is 12.4. The Balaban J connectivity index is 1.90. The maximum absolute atomic E-state index is 5.72. The van der Waals surface area contributed by atoms with Gasteiger partial charge in [0.05, 0.1) is 12.7 Å². The molecular formula is C16H22N2O2. The molecule has 0 aliphatic heterocycles. The van der Waals surface area contributed by atoms with E-state index in [-0.39, 0.29) is 0 Å². The minimum absolute atomic E-state index is 0.508. The number of hydrogen-bond acceptors (Lipinski definition) is 4. The van der Waals surface area contributed by atoms with Crippen molar-refractivity contribution in [1.29, 1.82) is 0 Å². The van der Waals surface area contributed by atoms with E-state index in [1.165, 1.54) is 0 Å². The molecule has 4 heteroatoms. The van der Waals surface area contributed by atoms with Gasteiger partial charge in [0.25, 0.3) is 0 Å². The molecule has 2 aromatic heterocycles. The molecule has 0 radical (unpaired) electrons. The Morgan fingerprint density at radius 3 is 2.85 bits per heavy atom. The number of aryl methyl sites for hydroxylation is 2. The van der Waals surface area contributed by atoms with E-state index in [2.05, 4.69) is 23.3 Å². The van der Waals surface area contributed by atoms with Crippen LogP contribution < -0.4 is 10.1 Å². The standard InChI is InChI=1S/C16H22N2O2/c1-4-7-17-9-16-8-14(13(3)20-16)11-19-15-6-5-12(2)18-10-15/h5-6,8,10,17H,4,7,9,11H2,1-3H3. The average molecular weight is 274 g/mol. The number of nitrogens with zero attached hydrogens (tertiary/aromatic N) is 1. The van der Waals surface area contributed by atoms with Gasteiger partial charge in [-0.3, -0.25) is 4.98 Å². The van der Waals surface area contributed by atoms with Crippen LogP contribution in [0.5, 0.6) is 5.75 Å². The number of furan rings is 1. The van der Waals surface area contributed by atoms with Crippen LogP contribution in [0.25, 0.3) is 0 Å². The SMILES string of the molecule is CCCNCc1cc(COc2ccc(C)nc2)c(C)o1. The number of rotatable bonds is 7. The fraction of sp³-hybridized carbons (Fsp3) is 0.438. The van der Waals surface area contributed by atoms with Crippen LogP contribution in [-0.2, 0) is 13.2 Å². The largest absolute Gasteiger partial charge is 0.487 e. The molecule has 1 N–H and O–H groups in total. The summed E-state index contributed by atoms with van der Waals surface area (Å²) in [4.78, 5) is 4.21. The van der Waals surface area contributed by atoms with Crippen LogP contribution in [0, 0.1) is 13.8 Å². The Kier molecular flexibility index (Phi) is 5.18. The minimum Gasteiger partial charge on any atom is -0.487 e. The molecule has 0 amide bonds. The van der Waals surface area contributed by atoms with Gasteiger partial charge >= 0.3 is 0 Å². The summed E-state index contributed by atoms with van der Waals surface area (Å²) in [5.74, 6) is 2.65. The third-order valence-corrected chi connectivity index (χ3v) is 3.08. The summed E-state index contributed by atoms with van der Waals surface area (Å²) >= 11 is 0. The van der Waals surface area contributed by atoms with E-state index in [0.717, 1.165) is 48.0 Å². The molecule has 2 aromatic rings. The number of aromatic nitrogens is 1. The van der Waals surface area contributed by atoms with E-state index in [1.807, 2.05) is 26.0 Å². The fourth-order valence-electron chi connectivity index (χ4n) is 1.91. The van der Waals surface area contributed by atoms with Crippen molar-refractivity contribution in [3.8, 4) is 5.75 Å². The molecule has 0 saturated heterocycles. The quantitative estimate of drug-likeness (QED) is 0.786. The maximum Gasteiger partial charge on any atom is 0.138 e. The summed E-state index contributed by atoms with van der Waals surface area (Å²) in [6, 6.07) is 5.93. The van der Waals surface area contributed by atoms with Crippen molar-refractivity contribution in [1.82, 2.24) is 10.3 Å². The lowest BCUT2D eigenvalue weighted by Crippen LogP contribution is -2.13. The van der Waals surface area contributed by atoms with Crippen molar-refractivity contribution in [2.75, 3.05) is 6.54 Å². The average Bonchev–Trinajstić information content (AvgIpc) is 2.79. The Labute approximate surface area is 120 Å². The molecule has 0 atom stereocenters. The van der Waals surface area contributed by atoms with E-state index >= 15 is 0 Å². The molecule has 0 spiro atoms. The molecule has 0 unspecified atom stereocenters. The van der Waals surface area contributed by atoms with Crippen LogP contribution in [0.2, 0.25) is 0 Å². The second-order valence-corrected chi connectivity index (χ2v) is 4.89. The summed E-state index contributed by atoms with van der Waals surface area (Å²) in [6.07, 6.45) is 2.87. The van der Waals surface area contributed by atoms with Crippen molar-refractivity contribution < 1.29 is 9.15 Å². The van der Waals surface area contributed by atoms with Gasteiger partial charge in [0.15, 0.2) is 0 Å². The Bertz CT molecular complexity index is 532. The molecule has 0 saturated carbocycles. The van der Waals surface area contributed by atoms with Gasteiger partial charge < -0.3 is 14.5 Å². The van der Waals surface area contributed by atoms with E-state index in [4.69, 9.17) is 9.15 Å². The Morgan fingerprint density at radius 2 is 2.15 bits per heavy atom. The third kappa shape index (κ3) is 4.10. The molecule has 0 aromatic carbocycles. The Morgan fingerprint density at radius 1 is 1.30 bits per heavy atom. The number of nitrogens with one attached hydrogen (secondary N) is 1. The van der Waals surface area contributed by atoms with Crippen molar-refractivity contribution >= 4 is 0 Å². The molecule has 2 heterocycles. The molecule has 0 bridgehead atoms. The summed E-state index contributed by atoms with van der Waals surface area (Å²) < 4.78 is 11.4. The zero-order valence-electron chi connectivity index (χ0n) is 12.4. The second-order valence-electron chi connectivity index (χ2n) is 4.89. The highest BCUT2D eigenvalue weighted by Crippen LogP contribution is 2.18. The van der Waals surface area contributed by atoms with E-state index in [9.17, 15) is 0 Å². The molecule has 2 rings (SSSR count). The van der Waals surface area contributed by atoms with Crippen molar-refractivity contribution in [3.63, 3.8) is 0 Å². The van der Waals surface area contributed by atoms with E-state index in [0.29, 0.717) is 6.61 Å². The lowest BCUT2D eigenvalue weighted by atomic mass is 10.2. The first kappa shape index (κ1) is 14.6. The van der Waals surface area contributed by atoms with Crippen molar-refractivity contribution in [2.24, 2.45) is 0 Å². The van der Waals surface area contributed by atoms with Gasteiger partial charge in [-0.1, -0.05) is 6.92 Å². The summed E-state index contributed by atoms with van der Waals surface area (Å²) in [6.45, 7) is 8.35. The predicted molar refractivity (Wildman–Crippen MR) is 78.7 cm³/mol. The second kappa shape index (κ2) is 7.10. The highest BCUT2D eigenvalue weighted by molar-refractivity contribution is 5.23. The van der Waals surface area contributed by atoms with Gasteiger partial charge in [-0.25, -0.2) is 0 Å². The topological polar surface area (TPSA) is 47.3 Å². The summed E-state index contributed by atoms with van der Waals surface area (Å²) in [7, 11) is 0. The zero-order chi connectivity index (χ0) is 14.4. The van der Waals surface area contributed by atoms with Gasteiger partial charge in [0.1, 0.15) is 23.9 Å². The molecule has 4 nitrogen and oxygen atoms in total. The number of ether oxygens (including phenoxy) is 1. The normalized spacial score (nSPS) is 10.8. The molecule has 0 fully saturated rings. The summed E-state index contributed by atoms with van der Waals surface area (Å²) in [5.41, 5.74) is 2.07.